The van der Waals surface area contributed by atoms with Gasteiger partial charge in [0.05, 0.1) is 11.7 Å². The highest BCUT2D eigenvalue weighted by atomic mass is 15.3. The Morgan fingerprint density at radius 2 is 1.86 bits per heavy atom. The molecular formula is C17H21N5. The monoisotopic (exact) mass is 295 g/mol. The summed E-state index contributed by atoms with van der Waals surface area (Å²) in [7, 11) is 0. The quantitative estimate of drug-likeness (QED) is 0.803. The number of rotatable bonds is 3. The first-order chi connectivity index (χ1) is 10.5. The van der Waals surface area contributed by atoms with Crippen molar-refractivity contribution in [1.29, 1.82) is 0 Å². The van der Waals surface area contributed by atoms with Gasteiger partial charge < -0.3 is 5.32 Å². The Balaban J connectivity index is 1.99. The number of nitrogens with zero attached hydrogens (tertiary/aromatic N) is 4. The number of hydrogen-bond donors (Lipinski definition) is 1. The molecule has 0 aliphatic heterocycles. The van der Waals surface area contributed by atoms with Crippen LogP contribution in [0.25, 0.3) is 5.65 Å². The lowest BCUT2D eigenvalue weighted by molar-refractivity contribution is 0.827. The van der Waals surface area contributed by atoms with Crippen LogP contribution in [-0.4, -0.2) is 19.6 Å². The Labute approximate surface area is 130 Å². The molecule has 0 saturated heterocycles. The third kappa shape index (κ3) is 2.54. The van der Waals surface area contributed by atoms with Crippen molar-refractivity contribution in [3.63, 3.8) is 0 Å². The molecule has 0 spiro atoms. The van der Waals surface area contributed by atoms with E-state index in [9.17, 15) is 0 Å². The van der Waals surface area contributed by atoms with Crippen molar-refractivity contribution in [2.45, 2.75) is 40.7 Å². The Bertz CT molecular complexity index is 817. The normalized spacial score (nSPS) is 12.6. The largest absolute Gasteiger partial charge is 0.363 e. The van der Waals surface area contributed by atoms with Crippen LogP contribution < -0.4 is 5.32 Å². The predicted octanol–water partition coefficient (Wildman–Crippen LogP) is 3.53. The Hall–Kier alpha value is -2.43. The molecule has 0 saturated carbocycles. The van der Waals surface area contributed by atoms with Crippen LogP contribution in [0.2, 0.25) is 0 Å². The van der Waals surface area contributed by atoms with Crippen molar-refractivity contribution in [3.05, 3.63) is 52.6 Å². The fourth-order valence-corrected chi connectivity index (χ4v) is 2.49. The van der Waals surface area contributed by atoms with Gasteiger partial charge in [-0.15, -0.1) is 0 Å². The fraction of sp³-hybridized carbons (Fsp3) is 0.353. The fourth-order valence-electron chi connectivity index (χ4n) is 2.49. The Morgan fingerprint density at radius 1 is 1.09 bits per heavy atom. The number of hydrogen-bond acceptors (Lipinski definition) is 4. The highest BCUT2D eigenvalue weighted by Crippen LogP contribution is 2.22. The summed E-state index contributed by atoms with van der Waals surface area (Å²) in [5.74, 6) is 0.951. The van der Waals surface area contributed by atoms with Crippen LogP contribution in [-0.2, 0) is 0 Å². The number of fused-ring (bicyclic) bond motifs is 1. The van der Waals surface area contributed by atoms with Gasteiger partial charge in [-0.05, 0) is 46.2 Å². The van der Waals surface area contributed by atoms with Crippen molar-refractivity contribution in [3.8, 4) is 0 Å². The number of pyridine rings is 1. The van der Waals surface area contributed by atoms with Gasteiger partial charge in [0.1, 0.15) is 5.82 Å². The molecule has 22 heavy (non-hydrogen) atoms. The first-order valence-corrected chi connectivity index (χ1v) is 7.48. The number of anilines is 1. The minimum atomic E-state index is 0.142. The van der Waals surface area contributed by atoms with Gasteiger partial charge in [-0.3, -0.25) is 4.98 Å². The highest BCUT2D eigenvalue weighted by molar-refractivity contribution is 5.56. The molecule has 0 fully saturated rings. The van der Waals surface area contributed by atoms with Crippen molar-refractivity contribution >= 4 is 11.5 Å². The van der Waals surface area contributed by atoms with Crippen LogP contribution >= 0.6 is 0 Å². The van der Waals surface area contributed by atoms with E-state index < -0.39 is 0 Å². The Kier molecular flexibility index (Phi) is 3.56. The molecule has 0 amide bonds. The van der Waals surface area contributed by atoms with Gasteiger partial charge in [-0.2, -0.15) is 9.61 Å². The Morgan fingerprint density at radius 3 is 2.55 bits per heavy atom. The standard InChI is InChI=1S/C17H21N5/c1-10-6-7-15(9-18-10)14(5)20-16-8-11(2)19-17-12(3)13(4)21-22(16)17/h6-9,14,20H,1-5H3. The van der Waals surface area contributed by atoms with E-state index in [0.717, 1.165) is 39.7 Å². The van der Waals surface area contributed by atoms with Crippen LogP contribution in [0.15, 0.2) is 24.4 Å². The van der Waals surface area contributed by atoms with E-state index >= 15 is 0 Å². The molecule has 1 unspecified atom stereocenters. The predicted molar refractivity (Wildman–Crippen MR) is 88.2 cm³/mol. The molecule has 3 rings (SSSR count). The van der Waals surface area contributed by atoms with Gasteiger partial charge >= 0.3 is 0 Å². The van der Waals surface area contributed by atoms with Crippen molar-refractivity contribution < 1.29 is 0 Å². The molecule has 114 valence electrons. The van der Waals surface area contributed by atoms with Gasteiger partial charge in [0.25, 0.3) is 0 Å². The van der Waals surface area contributed by atoms with Crippen LogP contribution in [0.3, 0.4) is 0 Å². The maximum atomic E-state index is 4.60. The van der Waals surface area contributed by atoms with Crippen LogP contribution in [0.1, 0.15) is 41.2 Å². The number of aromatic nitrogens is 4. The maximum Gasteiger partial charge on any atom is 0.160 e. The van der Waals surface area contributed by atoms with Crippen LogP contribution in [0, 0.1) is 27.7 Å². The van der Waals surface area contributed by atoms with Crippen molar-refractivity contribution in [2.24, 2.45) is 0 Å². The van der Waals surface area contributed by atoms with Crippen molar-refractivity contribution in [2.75, 3.05) is 5.32 Å². The summed E-state index contributed by atoms with van der Waals surface area (Å²) in [4.78, 5) is 8.96. The van der Waals surface area contributed by atoms with E-state index in [1.165, 1.54) is 0 Å². The third-order valence-corrected chi connectivity index (χ3v) is 3.98. The molecule has 0 aliphatic rings. The van der Waals surface area contributed by atoms with E-state index in [1.807, 2.05) is 43.6 Å². The average molecular weight is 295 g/mol. The van der Waals surface area contributed by atoms with Crippen LogP contribution in [0.5, 0.6) is 0 Å². The lowest BCUT2D eigenvalue weighted by Gasteiger charge is -2.16. The molecule has 1 N–H and O–H groups in total. The number of aryl methyl sites for hydroxylation is 4. The van der Waals surface area contributed by atoms with E-state index in [4.69, 9.17) is 0 Å². The molecule has 1 atom stereocenters. The first kappa shape index (κ1) is 14.5. The van der Waals surface area contributed by atoms with E-state index in [0.29, 0.717) is 0 Å². The SMILES string of the molecule is Cc1ccc(C(C)Nc2cc(C)nc3c(C)c(C)nn23)cn1. The third-order valence-electron chi connectivity index (χ3n) is 3.98. The number of nitrogens with one attached hydrogen (secondary N) is 1. The maximum absolute atomic E-state index is 4.60. The molecule has 5 nitrogen and oxygen atoms in total. The summed E-state index contributed by atoms with van der Waals surface area (Å²) >= 11 is 0. The summed E-state index contributed by atoms with van der Waals surface area (Å²) in [6.45, 7) is 10.2. The minimum absolute atomic E-state index is 0.142. The van der Waals surface area contributed by atoms with E-state index in [2.05, 4.69) is 40.3 Å². The summed E-state index contributed by atoms with van der Waals surface area (Å²) in [6.07, 6.45) is 1.91. The van der Waals surface area contributed by atoms with Crippen molar-refractivity contribution in [1.82, 2.24) is 19.6 Å². The average Bonchev–Trinajstić information content (AvgIpc) is 2.76. The smallest absolute Gasteiger partial charge is 0.160 e. The molecule has 0 bridgehead atoms. The second-order valence-corrected chi connectivity index (χ2v) is 5.83. The van der Waals surface area contributed by atoms with Gasteiger partial charge in [-0.1, -0.05) is 6.07 Å². The summed E-state index contributed by atoms with van der Waals surface area (Å²) in [5, 5.41) is 8.11. The van der Waals surface area contributed by atoms with E-state index in [-0.39, 0.29) is 6.04 Å². The minimum Gasteiger partial charge on any atom is -0.363 e. The molecule has 5 heteroatoms. The highest BCUT2D eigenvalue weighted by Gasteiger charge is 2.13. The molecule has 0 aromatic carbocycles. The molecule has 3 heterocycles. The summed E-state index contributed by atoms with van der Waals surface area (Å²) in [6, 6.07) is 6.30. The second kappa shape index (κ2) is 5.40. The molecule has 0 radical (unpaired) electrons. The summed E-state index contributed by atoms with van der Waals surface area (Å²) in [5.41, 5.74) is 6.19. The molecular weight excluding hydrogens is 274 g/mol. The van der Waals surface area contributed by atoms with Crippen LogP contribution in [0.4, 0.5) is 5.82 Å². The zero-order valence-electron chi connectivity index (χ0n) is 13.7. The van der Waals surface area contributed by atoms with Gasteiger partial charge in [0.15, 0.2) is 5.65 Å². The topological polar surface area (TPSA) is 55.1 Å². The van der Waals surface area contributed by atoms with Gasteiger partial charge in [-0.25, -0.2) is 4.98 Å². The molecule has 3 aromatic rings. The van der Waals surface area contributed by atoms with Gasteiger partial charge in [0, 0.05) is 29.2 Å². The lowest BCUT2D eigenvalue weighted by atomic mass is 10.1. The zero-order chi connectivity index (χ0) is 15.9. The lowest BCUT2D eigenvalue weighted by Crippen LogP contribution is -2.11. The zero-order valence-corrected chi connectivity index (χ0v) is 13.7. The molecule has 0 aliphatic carbocycles. The molecule has 3 aromatic heterocycles. The second-order valence-electron chi connectivity index (χ2n) is 5.83. The van der Waals surface area contributed by atoms with Gasteiger partial charge in [0.2, 0.25) is 0 Å². The summed E-state index contributed by atoms with van der Waals surface area (Å²) < 4.78 is 1.88. The van der Waals surface area contributed by atoms with E-state index in [1.54, 1.807) is 0 Å². The first-order valence-electron chi connectivity index (χ1n) is 7.48.